The standard InChI is InChI=1S/C25H32N4O2/c1-16-6-8-21(9-7-16)14-28-19(4)22-11-26-29(25(31)24(22)20(28)5)15-23(30)27-12-17(2)10-18(3)13-27/h6-9,11,17-18H,10,12-15H2,1-5H3. The van der Waals surface area contributed by atoms with Gasteiger partial charge in [-0.05, 0) is 44.6 Å². The molecule has 0 N–H and O–H groups in total. The van der Waals surface area contributed by atoms with Crippen molar-refractivity contribution in [3.63, 3.8) is 0 Å². The molecule has 0 spiro atoms. The minimum atomic E-state index is -0.188. The third kappa shape index (κ3) is 4.16. The van der Waals surface area contributed by atoms with Gasteiger partial charge in [-0.25, -0.2) is 4.68 Å². The van der Waals surface area contributed by atoms with Gasteiger partial charge in [-0.15, -0.1) is 0 Å². The number of benzene rings is 1. The SMILES string of the molecule is Cc1ccc(Cn2c(C)c3cnn(CC(=O)N4CC(C)CC(C)C4)c(=O)c3c2C)cc1. The van der Waals surface area contributed by atoms with E-state index in [1.807, 2.05) is 18.7 Å². The number of carbonyl (C=O) groups excluding carboxylic acids is 1. The lowest BCUT2D eigenvalue weighted by molar-refractivity contribution is -0.134. The van der Waals surface area contributed by atoms with E-state index in [-0.39, 0.29) is 18.0 Å². The fourth-order valence-corrected chi connectivity index (χ4v) is 4.97. The van der Waals surface area contributed by atoms with E-state index in [0.29, 0.717) is 23.8 Å². The van der Waals surface area contributed by atoms with Gasteiger partial charge in [0.05, 0.1) is 11.6 Å². The highest BCUT2D eigenvalue weighted by Gasteiger charge is 2.26. The summed E-state index contributed by atoms with van der Waals surface area (Å²) < 4.78 is 3.50. The van der Waals surface area contributed by atoms with Crippen LogP contribution < -0.4 is 5.56 Å². The van der Waals surface area contributed by atoms with Crippen LogP contribution in [0, 0.1) is 32.6 Å². The molecule has 1 amide bonds. The number of aryl methyl sites for hydroxylation is 3. The highest BCUT2D eigenvalue weighted by molar-refractivity contribution is 5.87. The Morgan fingerprint density at radius 3 is 2.32 bits per heavy atom. The van der Waals surface area contributed by atoms with Gasteiger partial charge in [-0.2, -0.15) is 5.10 Å². The molecule has 1 fully saturated rings. The van der Waals surface area contributed by atoms with Gasteiger partial charge in [0.1, 0.15) is 6.54 Å². The highest BCUT2D eigenvalue weighted by atomic mass is 16.2. The van der Waals surface area contributed by atoms with E-state index in [1.54, 1.807) is 6.20 Å². The van der Waals surface area contributed by atoms with Crippen LogP contribution >= 0.6 is 0 Å². The maximum absolute atomic E-state index is 13.3. The number of amides is 1. The van der Waals surface area contributed by atoms with Crippen molar-refractivity contribution in [2.24, 2.45) is 11.8 Å². The van der Waals surface area contributed by atoms with Crippen molar-refractivity contribution in [3.05, 3.63) is 63.3 Å². The van der Waals surface area contributed by atoms with E-state index < -0.39 is 0 Å². The first kappa shape index (κ1) is 21.3. The van der Waals surface area contributed by atoms with Gasteiger partial charge in [-0.3, -0.25) is 9.59 Å². The summed E-state index contributed by atoms with van der Waals surface area (Å²) in [5.74, 6) is 0.946. The molecule has 2 aromatic heterocycles. The quantitative estimate of drug-likeness (QED) is 0.647. The molecule has 164 valence electrons. The lowest BCUT2D eigenvalue weighted by Gasteiger charge is -2.35. The zero-order valence-corrected chi connectivity index (χ0v) is 19.2. The Balaban J connectivity index is 1.64. The average molecular weight is 421 g/mol. The number of hydrogen-bond donors (Lipinski definition) is 0. The number of hydrogen-bond acceptors (Lipinski definition) is 3. The van der Waals surface area contributed by atoms with Gasteiger partial charge >= 0.3 is 0 Å². The van der Waals surface area contributed by atoms with E-state index >= 15 is 0 Å². The number of nitrogens with zero attached hydrogens (tertiary/aromatic N) is 4. The fraction of sp³-hybridized carbons (Fsp3) is 0.480. The molecule has 0 bridgehead atoms. The zero-order chi connectivity index (χ0) is 22.3. The van der Waals surface area contributed by atoms with Crippen molar-refractivity contribution in [1.29, 1.82) is 0 Å². The monoisotopic (exact) mass is 420 g/mol. The third-order valence-corrected chi connectivity index (χ3v) is 6.57. The molecule has 1 saturated heterocycles. The van der Waals surface area contributed by atoms with Gasteiger partial charge in [0.25, 0.3) is 5.56 Å². The molecule has 31 heavy (non-hydrogen) atoms. The second-order valence-electron chi connectivity index (χ2n) is 9.38. The summed E-state index contributed by atoms with van der Waals surface area (Å²) in [5.41, 5.74) is 4.17. The van der Waals surface area contributed by atoms with Gasteiger partial charge < -0.3 is 9.47 Å². The van der Waals surface area contributed by atoms with Crippen LogP contribution in [0.15, 0.2) is 35.3 Å². The third-order valence-electron chi connectivity index (χ3n) is 6.57. The van der Waals surface area contributed by atoms with Crippen LogP contribution in [0.2, 0.25) is 0 Å². The number of rotatable bonds is 4. The molecule has 1 aliphatic rings. The Morgan fingerprint density at radius 1 is 1.03 bits per heavy atom. The first-order valence-electron chi connectivity index (χ1n) is 11.1. The van der Waals surface area contributed by atoms with Crippen molar-refractivity contribution in [3.8, 4) is 0 Å². The first-order valence-corrected chi connectivity index (χ1v) is 11.1. The number of carbonyl (C=O) groups is 1. The topological polar surface area (TPSA) is 60.1 Å². The second-order valence-corrected chi connectivity index (χ2v) is 9.38. The number of likely N-dealkylation sites (tertiary alicyclic amines) is 1. The Labute approximate surface area is 183 Å². The molecule has 0 saturated carbocycles. The van der Waals surface area contributed by atoms with Crippen LogP contribution in [0.1, 0.15) is 42.8 Å². The molecule has 0 aliphatic carbocycles. The maximum atomic E-state index is 13.3. The maximum Gasteiger partial charge on any atom is 0.276 e. The summed E-state index contributed by atoms with van der Waals surface area (Å²) in [6.45, 7) is 12.6. The molecular weight excluding hydrogens is 388 g/mol. The molecular formula is C25H32N4O2. The average Bonchev–Trinajstić information content (AvgIpc) is 2.96. The number of aromatic nitrogens is 3. The van der Waals surface area contributed by atoms with E-state index in [9.17, 15) is 9.59 Å². The Bertz CT molecular complexity index is 1160. The molecule has 1 aliphatic heterocycles. The van der Waals surface area contributed by atoms with E-state index in [0.717, 1.165) is 36.3 Å². The lowest BCUT2D eigenvalue weighted by Crippen LogP contribution is -2.45. The second kappa shape index (κ2) is 8.33. The van der Waals surface area contributed by atoms with Crippen LogP contribution in [0.25, 0.3) is 10.8 Å². The van der Waals surface area contributed by atoms with Gasteiger partial charge in [-0.1, -0.05) is 43.7 Å². The summed E-state index contributed by atoms with van der Waals surface area (Å²) >= 11 is 0. The number of piperidine rings is 1. The minimum absolute atomic E-state index is 0.00412. The van der Waals surface area contributed by atoms with Crippen molar-refractivity contribution in [1.82, 2.24) is 19.2 Å². The Hall–Kier alpha value is -2.89. The van der Waals surface area contributed by atoms with Crippen molar-refractivity contribution < 1.29 is 4.79 Å². The summed E-state index contributed by atoms with van der Waals surface area (Å²) in [6, 6.07) is 8.45. The summed E-state index contributed by atoms with van der Waals surface area (Å²) in [4.78, 5) is 28.1. The molecule has 2 atom stereocenters. The molecule has 6 heteroatoms. The highest BCUT2D eigenvalue weighted by Crippen LogP contribution is 2.24. The largest absolute Gasteiger partial charge is 0.343 e. The zero-order valence-electron chi connectivity index (χ0n) is 19.2. The molecule has 3 heterocycles. The number of fused-ring (bicyclic) bond motifs is 1. The van der Waals surface area contributed by atoms with Gasteiger partial charge in [0.15, 0.2) is 0 Å². The van der Waals surface area contributed by atoms with E-state index in [1.165, 1.54) is 15.8 Å². The van der Waals surface area contributed by atoms with E-state index in [4.69, 9.17) is 0 Å². The van der Waals surface area contributed by atoms with Crippen molar-refractivity contribution in [2.75, 3.05) is 13.1 Å². The summed E-state index contributed by atoms with van der Waals surface area (Å²) in [6.07, 6.45) is 2.88. The van der Waals surface area contributed by atoms with Crippen molar-refractivity contribution >= 4 is 16.7 Å². The van der Waals surface area contributed by atoms with Crippen LogP contribution in [0.5, 0.6) is 0 Å². The Kier molecular flexibility index (Phi) is 5.73. The molecule has 1 aromatic carbocycles. The van der Waals surface area contributed by atoms with Gasteiger partial charge in [0, 0.05) is 36.4 Å². The van der Waals surface area contributed by atoms with Crippen molar-refractivity contribution in [2.45, 2.75) is 54.1 Å². The minimum Gasteiger partial charge on any atom is -0.343 e. The van der Waals surface area contributed by atoms with Crippen LogP contribution in [0.4, 0.5) is 0 Å². The molecule has 3 aromatic rings. The first-order chi connectivity index (χ1) is 14.7. The molecule has 0 radical (unpaired) electrons. The molecule has 6 nitrogen and oxygen atoms in total. The summed E-state index contributed by atoms with van der Waals surface area (Å²) in [7, 11) is 0. The molecule has 2 unspecified atom stereocenters. The smallest absolute Gasteiger partial charge is 0.276 e. The van der Waals surface area contributed by atoms with Crippen LogP contribution in [0.3, 0.4) is 0 Å². The Morgan fingerprint density at radius 2 is 1.68 bits per heavy atom. The van der Waals surface area contributed by atoms with Crippen LogP contribution in [-0.2, 0) is 17.9 Å². The predicted molar refractivity (Wildman–Crippen MR) is 123 cm³/mol. The lowest BCUT2D eigenvalue weighted by atomic mass is 9.92. The van der Waals surface area contributed by atoms with Gasteiger partial charge in [0.2, 0.25) is 5.91 Å². The van der Waals surface area contributed by atoms with Crippen LogP contribution in [-0.4, -0.2) is 38.2 Å². The predicted octanol–water partition coefficient (Wildman–Crippen LogP) is 3.68. The summed E-state index contributed by atoms with van der Waals surface area (Å²) in [5, 5.41) is 5.88. The van der Waals surface area contributed by atoms with E-state index in [2.05, 4.69) is 54.7 Å². The normalized spacial score (nSPS) is 19.2. The fourth-order valence-electron chi connectivity index (χ4n) is 4.97. The molecule has 4 rings (SSSR count).